The second-order valence-corrected chi connectivity index (χ2v) is 7.72. The number of anilines is 1. The lowest BCUT2D eigenvalue weighted by molar-refractivity contribution is -0.137. The molecule has 1 saturated heterocycles. The molecule has 1 amide bonds. The van der Waals surface area contributed by atoms with Crippen LogP contribution in [-0.2, 0) is 23.9 Å². The molecule has 0 aliphatic carbocycles. The summed E-state index contributed by atoms with van der Waals surface area (Å²) in [6.45, 7) is 5.13. The molecule has 8 heteroatoms. The van der Waals surface area contributed by atoms with E-state index in [0.717, 1.165) is 63.6 Å². The number of amides is 1. The molecule has 160 valence electrons. The molecule has 2 aromatic rings. The zero-order chi connectivity index (χ0) is 21.1. The largest absolute Gasteiger partial charge is 0.493 e. The standard InChI is InChI=1S/C22H24F3N3O2/c23-22(24,25)18-2-4-19(5-3-18)26-21(29)15-28-10-8-27(9-11-28)14-16-1-6-20-17(13-16)7-12-30-20/h1-6,13H,7-12,14-15H2,(H,26,29). The predicted octanol–water partition coefficient (Wildman–Crippen LogP) is 3.40. The molecule has 1 fully saturated rings. The van der Waals surface area contributed by atoms with Gasteiger partial charge in [-0.25, -0.2) is 0 Å². The fraction of sp³-hybridized carbons (Fsp3) is 0.409. The number of nitrogens with one attached hydrogen (secondary N) is 1. The fourth-order valence-corrected chi connectivity index (χ4v) is 3.85. The Kier molecular flexibility index (Phi) is 5.97. The van der Waals surface area contributed by atoms with Crippen LogP contribution in [0.2, 0.25) is 0 Å². The van der Waals surface area contributed by atoms with Crippen molar-refractivity contribution in [2.45, 2.75) is 19.1 Å². The SMILES string of the molecule is O=C(CN1CCN(Cc2ccc3c(c2)CCO3)CC1)Nc1ccc(C(F)(F)F)cc1. The van der Waals surface area contributed by atoms with E-state index in [2.05, 4.69) is 27.2 Å². The van der Waals surface area contributed by atoms with E-state index in [0.29, 0.717) is 5.69 Å². The molecule has 0 bridgehead atoms. The van der Waals surface area contributed by atoms with Crippen LogP contribution < -0.4 is 10.1 Å². The van der Waals surface area contributed by atoms with Crippen molar-refractivity contribution in [3.8, 4) is 5.75 Å². The van der Waals surface area contributed by atoms with Crippen LogP contribution in [0.4, 0.5) is 18.9 Å². The Bertz CT molecular complexity index is 891. The van der Waals surface area contributed by atoms with Gasteiger partial charge in [-0.1, -0.05) is 12.1 Å². The molecule has 4 rings (SSSR count). The number of hydrogen-bond acceptors (Lipinski definition) is 4. The van der Waals surface area contributed by atoms with Crippen molar-refractivity contribution >= 4 is 11.6 Å². The number of nitrogens with zero attached hydrogens (tertiary/aromatic N) is 2. The Morgan fingerprint density at radius 2 is 1.70 bits per heavy atom. The molecular formula is C22H24F3N3O2. The van der Waals surface area contributed by atoms with Gasteiger partial charge in [0.25, 0.3) is 0 Å². The second-order valence-electron chi connectivity index (χ2n) is 7.72. The smallest absolute Gasteiger partial charge is 0.416 e. The van der Waals surface area contributed by atoms with Gasteiger partial charge in [0.15, 0.2) is 0 Å². The van der Waals surface area contributed by atoms with E-state index in [4.69, 9.17) is 4.74 Å². The third kappa shape index (κ3) is 5.12. The van der Waals surface area contributed by atoms with Crippen LogP contribution in [0.25, 0.3) is 0 Å². The molecule has 0 spiro atoms. The maximum atomic E-state index is 12.6. The molecule has 30 heavy (non-hydrogen) atoms. The van der Waals surface area contributed by atoms with Crippen LogP contribution in [0.5, 0.6) is 5.75 Å². The molecule has 2 aliphatic heterocycles. The van der Waals surface area contributed by atoms with E-state index < -0.39 is 11.7 Å². The average molecular weight is 419 g/mol. The van der Waals surface area contributed by atoms with Crippen molar-refractivity contribution in [1.29, 1.82) is 0 Å². The van der Waals surface area contributed by atoms with Crippen LogP contribution in [0.3, 0.4) is 0 Å². The zero-order valence-electron chi connectivity index (χ0n) is 16.5. The van der Waals surface area contributed by atoms with Gasteiger partial charge >= 0.3 is 6.18 Å². The minimum atomic E-state index is -4.38. The highest BCUT2D eigenvalue weighted by Gasteiger charge is 2.30. The van der Waals surface area contributed by atoms with Gasteiger partial charge in [0.05, 0.1) is 18.7 Å². The second kappa shape index (κ2) is 8.65. The molecule has 2 aromatic carbocycles. The van der Waals surface area contributed by atoms with Gasteiger partial charge in [-0.2, -0.15) is 13.2 Å². The maximum Gasteiger partial charge on any atom is 0.416 e. The van der Waals surface area contributed by atoms with Crippen molar-refractivity contribution in [3.05, 3.63) is 59.2 Å². The first-order valence-electron chi connectivity index (χ1n) is 10.0. The highest BCUT2D eigenvalue weighted by atomic mass is 19.4. The van der Waals surface area contributed by atoms with Crippen molar-refractivity contribution in [2.24, 2.45) is 0 Å². The number of fused-ring (bicyclic) bond motifs is 1. The van der Waals surface area contributed by atoms with Crippen molar-refractivity contribution in [1.82, 2.24) is 9.80 Å². The van der Waals surface area contributed by atoms with E-state index in [1.165, 1.54) is 23.3 Å². The van der Waals surface area contributed by atoms with Crippen LogP contribution >= 0.6 is 0 Å². The summed E-state index contributed by atoms with van der Waals surface area (Å²) in [6.07, 6.45) is -3.42. The number of carbonyl (C=O) groups is 1. The summed E-state index contributed by atoms with van der Waals surface area (Å²) in [5, 5.41) is 2.67. The third-order valence-corrected chi connectivity index (χ3v) is 5.49. The van der Waals surface area contributed by atoms with Gasteiger partial charge in [0, 0.05) is 44.8 Å². The van der Waals surface area contributed by atoms with Crippen LogP contribution in [0.15, 0.2) is 42.5 Å². The van der Waals surface area contributed by atoms with Gasteiger partial charge in [-0.3, -0.25) is 14.6 Å². The van der Waals surface area contributed by atoms with Crippen LogP contribution in [0.1, 0.15) is 16.7 Å². The summed E-state index contributed by atoms with van der Waals surface area (Å²) >= 11 is 0. The number of benzene rings is 2. The topological polar surface area (TPSA) is 44.8 Å². The summed E-state index contributed by atoms with van der Waals surface area (Å²) < 4.78 is 43.4. The number of alkyl halides is 3. The third-order valence-electron chi connectivity index (χ3n) is 5.49. The molecule has 2 aliphatic rings. The quantitative estimate of drug-likeness (QED) is 0.807. The molecule has 0 radical (unpaired) electrons. The lowest BCUT2D eigenvalue weighted by Crippen LogP contribution is -2.48. The Labute approximate surface area is 173 Å². The number of ether oxygens (including phenoxy) is 1. The summed E-state index contributed by atoms with van der Waals surface area (Å²) in [7, 11) is 0. The molecule has 0 atom stereocenters. The summed E-state index contributed by atoms with van der Waals surface area (Å²) in [5.74, 6) is 0.768. The van der Waals surface area contributed by atoms with E-state index >= 15 is 0 Å². The zero-order valence-corrected chi connectivity index (χ0v) is 16.5. The first-order chi connectivity index (χ1) is 14.4. The predicted molar refractivity (Wildman–Crippen MR) is 107 cm³/mol. The Balaban J connectivity index is 1.22. The highest BCUT2D eigenvalue weighted by molar-refractivity contribution is 5.92. The van der Waals surface area contributed by atoms with E-state index in [9.17, 15) is 18.0 Å². The van der Waals surface area contributed by atoms with E-state index in [1.54, 1.807) is 0 Å². The van der Waals surface area contributed by atoms with Crippen molar-refractivity contribution in [2.75, 3.05) is 44.6 Å². The summed E-state index contributed by atoms with van der Waals surface area (Å²) in [6, 6.07) is 10.9. The first-order valence-corrected chi connectivity index (χ1v) is 10.0. The van der Waals surface area contributed by atoms with Crippen molar-refractivity contribution in [3.63, 3.8) is 0 Å². The van der Waals surface area contributed by atoms with Gasteiger partial charge < -0.3 is 10.1 Å². The Hall–Kier alpha value is -2.58. The highest BCUT2D eigenvalue weighted by Crippen LogP contribution is 2.30. The van der Waals surface area contributed by atoms with Crippen LogP contribution in [0, 0.1) is 0 Å². The number of piperazine rings is 1. The number of halogens is 3. The molecule has 2 heterocycles. The first kappa shape index (κ1) is 20.7. The number of rotatable bonds is 5. The molecule has 0 unspecified atom stereocenters. The fourth-order valence-electron chi connectivity index (χ4n) is 3.85. The van der Waals surface area contributed by atoms with E-state index in [-0.39, 0.29) is 12.5 Å². The molecule has 0 aromatic heterocycles. The molecule has 0 saturated carbocycles. The van der Waals surface area contributed by atoms with Gasteiger partial charge in [0.2, 0.25) is 5.91 Å². The Morgan fingerprint density at radius 1 is 1.00 bits per heavy atom. The summed E-state index contributed by atoms with van der Waals surface area (Å²) in [4.78, 5) is 16.7. The Morgan fingerprint density at radius 3 is 2.40 bits per heavy atom. The van der Waals surface area contributed by atoms with Gasteiger partial charge in [-0.05, 0) is 41.5 Å². The summed E-state index contributed by atoms with van der Waals surface area (Å²) in [5.41, 5.74) is 2.18. The molecular weight excluding hydrogens is 395 g/mol. The van der Waals surface area contributed by atoms with Crippen LogP contribution in [-0.4, -0.2) is 55.0 Å². The normalized spacial score (nSPS) is 17.4. The minimum absolute atomic E-state index is 0.221. The van der Waals surface area contributed by atoms with Crippen molar-refractivity contribution < 1.29 is 22.7 Å². The number of hydrogen-bond donors (Lipinski definition) is 1. The van der Waals surface area contributed by atoms with Gasteiger partial charge in [-0.15, -0.1) is 0 Å². The van der Waals surface area contributed by atoms with Gasteiger partial charge in [0.1, 0.15) is 5.75 Å². The maximum absolute atomic E-state index is 12.6. The molecule has 1 N–H and O–H groups in total. The number of carbonyl (C=O) groups excluding carboxylic acids is 1. The lowest BCUT2D eigenvalue weighted by Gasteiger charge is -2.34. The van der Waals surface area contributed by atoms with E-state index in [1.807, 2.05) is 6.07 Å². The lowest BCUT2D eigenvalue weighted by atomic mass is 10.1. The average Bonchev–Trinajstić information content (AvgIpc) is 3.17. The monoisotopic (exact) mass is 419 g/mol. The minimum Gasteiger partial charge on any atom is -0.493 e. The molecule has 5 nitrogen and oxygen atoms in total.